The number of hydrogen-bond acceptors (Lipinski definition) is 4. The van der Waals surface area contributed by atoms with Crippen LogP contribution in [0.5, 0.6) is 0 Å². The van der Waals surface area contributed by atoms with Gasteiger partial charge in [-0.3, -0.25) is 0 Å². The van der Waals surface area contributed by atoms with Gasteiger partial charge in [0.1, 0.15) is 11.6 Å². The average Bonchev–Trinajstić information content (AvgIpc) is 2.28. The molecule has 0 aliphatic carbocycles. The van der Waals surface area contributed by atoms with Gasteiger partial charge in [0.2, 0.25) is 0 Å². The smallest absolute Gasteiger partial charge is 0.315 e. The lowest BCUT2D eigenvalue weighted by Crippen LogP contribution is -2.35. The van der Waals surface area contributed by atoms with Gasteiger partial charge in [0.25, 0.3) is 0 Å². The summed E-state index contributed by atoms with van der Waals surface area (Å²) in [7, 11) is 0. The number of amides is 2. The topological polar surface area (TPSA) is 92.9 Å². The number of nitrogen functional groups attached to an aromatic ring is 1. The number of hydrogen-bond donors (Lipinski definition) is 3. The van der Waals surface area contributed by atoms with Crippen LogP contribution in [0.25, 0.3) is 0 Å². The number of carbonyl (C=O) groups excluding carboxylic acids is 1. The Kier molecular flexibility index (Phi) is 5.19. The maximum absolute atomic E-state index is 11.4. The van der Waals surface area contributed by atoms with Crippen LogP contribution in [0.2, 0.25) is 0 Å². The van der Waals surface area contributed by atoms with Crippen molar-refractivity contribution in [3.05, 3.63) is 17.6 Å². The SMILES string of the molecule is CCCCNC(=O)NCc1cnc(C)nc1N. The zero-order valence-electron chi connectivity index (χ0n) is 10.3. The van der Waals surface area contributed by atoms with E-state index in [1.54, 1.807) is 13.1 Å². The van der Waals surface area contributed by atoms with E-state index in [2.05, 4.69) is 27.5 Å². The van der Waals surface area contributed by atoms with Crippen molar-refractivity contribution in [2.24, 2.45) is 0 Å². The molecule has 94 valence electrons. The zero-order chi connectivity index (χ0) is 12.7. The van der Waals surface area contributed by atoms with E-state index in [0.29, 0.717) is 24.7 Å². The van der Waals surface area contributed by atoms with Crippen LogP contribution in [0.1, 0.15) is 31.2 Å². The lowest BCUT2D eigenvalue weighted by atomic mass is 10.3. The molecule has 0 aliphatic rings. The molecule has 1 rings (SSSR count). The van der Waals surface area contributed by atoms with Gasteiger partial charge in [-0.15, -0.1) is 0 Å². The minimum Gasteiger partial charge on any atom is -0.383 e. The number of nitrogens with one attached hydrogen (secondary N) is 2. The molecule has 0 radical (unpaired) electrons. The number of carbonyl (C=O) groups is 1. The Bertz CT molecular complexity index is 380. The predicted molar refractivity (Wildman–Crippen MR) is 66.3 cm³/mol. The molecule has 0 aromatic carbocycles. The number of nitrogens with two attached hydrogens (primary N) is 1. The van der Waals surface area contributed by atoms with Crippen molar-refractivity contribution in [3.8, 4) is 0 Å². The van der Waals surface area contributed by atoms with Crippen LogP contribution in [0.3, 0.4) is 0 Å². The highest BCUT2D eigenvalue weighted by Crippen LogP contribution is 2.05. The third-order valence-electron chi connectivity index (χ3n) is 2.27. The van der Waals surface area contributed by atoms with Crippen LogP contribution >= 0.6 is 0 Å². The minimum absolute atomic E-state index is 0.196. The van der Waals surface area contributed by atoms with Gasteiger partial charge in [0.15, 0.2) is 0 Å². The molecule has 0 saturated carbocycles. The molecular weight excluding hydrogens is 218 g/mol. The first kappa shape index (κ1) is 13.2. The Morgan fingerprint density at radius 1 is 1.47 bits per heavy atom. The van der Waals surface area contributed by atoms with E-state index in [0.717, 1.165) is 18.4 Å². The van der Waals surface area contributed by atoms with Crippen LogP contribution in [-0.4, -0.2) is 22.5 Å². The highest BCUT2D eigenvalue weighted by Gasteiger charge is 2.04. The zero-order valence-corrected chi connectivity index (χ0v) is 10.3. The lowest BCUT2D eigenvalue weighted by molar-refractivity contribution is 0.240. The molecule has 0 fully saturated rings. The van der Waals surface area contributed by atoms with Gasteiger partial charge in [0, 0.05) is 24.8 Å². The summed E-state index contributed by atoms with van der Waals surface area (Å²) in [5.74, 6) is 1.03. The van der Waals surface area contributed by atoms with Crippen LogP contribution in [0.4, 0.5) is 10.6 Å². The van der Waals surface area contributed by atoms with Gasteiger partial charge >= 0.3 is 6.03 Å². The second-order valence-corrected chi connectivity index (χ2v) is 3.79. The molecule has 0 atom stereocenters. The number of rotatable bonds is 5. The van der Waals surface area contributed by atoms with Gasteiger partial charge in [-0.25, -0.2) is 14.8 Å². The van der Waals surface area contributed by atoms with E-state index in [1.165, 1.54) is 0 Å². The van der Waals surface area contributed by atoms with Gasteiger partial charge in [-0.2, -0.15) is 0 Å². The van der Waals surface area contributed by atoms with Crippen molar-refractivity contribution in [3.63, 3.8) is 0 Å². The number of aromatic nitrogens is 2. The van der Waals surface area contributed by atoms with E-state index in [-0.39, 0.29) is 6.03 Å². The summed E-state index contributed by atoms with van der Waals surface area (Å²) in [6.45, 7) is 4.86. The molecule has 1 heterocycles. The summed E-state index contributed by atoms with van der Waals surface area (Å²) >= 11 is 0. The molecule has 1 aromatic rings. The van der Waals surface area contributed by atoms with E-state index in [4.69, 9.17) is 5.73 Å². The second kappa shape index (κ2) is 6.67. The third kappa shape index (κ3) is 4.67. The molecule has 0 spiro atoms. The van der Waals surface area contributed by atoms with Crippen molar-refractivity contribution >= 4 is 11.8 Å². The first-order valence-electron chi connectivity index (χ1n) is 5.73. The van der Waals surface area contributed by atoms with Gasteiger partial charge in [-0.1, -0.05) is 13.3 Å². The fourth-order valence-electron chi connectivity index (χ4n) is 1.27. The normalized spacial score (nSPS) is 10.0. The largest absolute Gasteiger partial charge is 0.383 e. The van der Waals surface area contributed by atoms with E-state index in [1.807, 2.05) is 0 Å². The summed E-state index contributed by atoms with van der Waals surface area (Å²) in [6, 6.07) is -0.196. The third-order valence-corrected chi connectivity index (χ3v) is 2.27. The molecule has 1 aromatic heterocycles. The van der Waals surface area contributed by atoms with Crippen LogP contribution in [0, 0.1) is 6.92 Å². The molecule has 0 saturated heterocycles. The summed E-state index contributed by atoms with van der Waals surface area (Å²) in [4.78, 5) is 19.4. The molecule has 0 unspecified atom stereocenters. The highest BCUT2D eigenvalue weighted by atomic mass is 16.2. The molecule has 17 heavy (non-hydrogen) atoms. The van der Waals surface area contributed by atoms with E-state index < -0.39 is 0 Å². The summed E-state index contributed by atoms with van der Waals surface area (Å²) in [5.41, 5.74) is 6.43. The van der Waals surface area contributed by atoms with Crippen molar-refractivity contribution < 1.29 is 4.79 Å². The van der Waals surface area contributed by atoms with Crippen molar-refractivity contribution in [1.29, 1.82) is 0 Å². The summed E-state index contributed by atoms with van der Waals surface area (Å²) in [6.07, 6.45) is 3.66. The molecule has 0 bridgehead atoms. The van der Waals surface area contributed by atoms with E-state index >= 15 is 0 Å². The van der Waals surface area contributed by atoms with Crippen LogP contribution in [0.15, 0.2) is 6.20 Å². The maximum Gasteiger partial charge on any atom is 0.315 e. The van der Waals surface area contributed by atoms with Crippen molar-refractivity contribution in [2.45, 2.75) is 33.2 Å². The Hall–Kier alpha value is -1.85. The second-order valence-electron chi connectivity index (χ2n) is 3.79. The number of urea groups is 1. The predicted octanol–water partition coefficient (Wildman–Crippen LogP) is 0.967. The molecule has 4 N–H and O–H groups in total. The number of nitrogens with zero attached hydrogens (tertiary/aromatic N) is 2. The Balaban J connectivity index is 2.37. The maximum atomic E-state index is 11.4. The average molecular weight is 237 g/mol. The molecule has 0 aliphatic heterocycles. The fourth-order valence-corrected chi connectivity index (χ4v) is 1.27. The van der Waals surface area contributed by atoms with Crippen LogP contribution in [-0.2, 0) is 6.54 Å². The van der Waals surface area contributed by atoms with Gasteiger partial charge in [0.05, 0.1) is 0 Å². The van der Waals surface area contributed by atoms with Crippen molar-refractivity contribution in [2.75, 3.05) is 12.3 Å². The monoisotopic (exact) mass is 237 g/mol. The lowest BCUT2D eigenvalue weighted by Gasteiger charge is -2.08. The first-order chi connectivity index (χ1) is 8.13. The quantitative estimate of drug-likeness (QED) is 0.665. The summed E-state index contributed by atoms with van der Waals surface area (Å²) in [5, 5.41) is 5.46. The first-order valence-corrected chi connectivity index (χ1v) is 5.73. The molecular formula is C11H19N5O. The number of aryl methyl sites for hydroxylation is 1. The standard InChI is InChI=1S/C11H19N5O/c1-3-4-5-13-11(17)15-7-9-6-14-8(2)16-10(9)12/h6H,3-5,7H2,1-2H3,(H2,12,14,16)(H2,13,15,17). The Morgan fingerprint density at radius 2 is 2.24 bits per heavy atom. The highest BCUT2D eigenvalue weighted by molar-refractivity contribution is 5.73. The minimum atomic E-state index is -0.196. The number of anilines is 1. The molecule has 2 amide bonds. The number of unbranched alkanes of at least 4 members (excludes halogenated alkanes) is 1. The molecule has 6 nitrogen and oxygen atoms in total. The summed E-state index contributed by atoms with van der Waals surface area (Å²) < 4.78 is 0. The van der Waals surface area contributed by atoms with E-state index in [9.17, 15) is 4.79 Å². The van der Waals surface area contributed by atoms with Gasteiger partial charge in [-0.05, 0) is 13.3 Å². The van der Waals surface area contributed by atoms with Crippen molar-refractivity contribution in [1.82, 2.24) is 20.6 Å². The van der Waals surface area contributed by atoms with Crippen LogP contribution < -0.4 is 16.4 Å². The Morgan fingerprint density at radius 3 is 2.88 bits per heavy atom. The fraction of sp³-hybridized carbons (Fsp3) is 0.545. The Labute approximate surface area is 101 Å². The van der Waals surface area contributed by atoms with Gasteiger partial charge < -0.3 is 16.4 Å². The molecule has 6 heteroatoms.